The summed E-state index contributed by atoms with van der Waals surface area (Å²) in [6, 6.07) is 7.83. The zero-order valence-electron chi connectivity index (χ0n) is 17.2. The predicted molar refractivity (Wildman–Crippen MR) is 118 cm³/mol. The van der Waals surface area contributed by atoms with E-state index in [0.29, 0.717) is 25.2 Å². The normalized spacial score (nSPS) is 15.2. The second-order valence-corrected chi connectivity index (χ2v) is 10.0. The van der Waals surface area contributed by atoms with Gasteiger partial charge in [-0.15, -0.1) is 0 Å². The molecule has 3 heterocycles. The number of urea groups is 1. The quantitative estimate of drug-likeness (QED) is 0.586. The van der Waals surface area contributed by atoms with Gasteiger partial charge in [0.2, 0.25) is 10.0 Å². The topological polar surface area (TPSA) is 109 Å². The smallest absolute Gasteiger partial charge is 0.294 e. The highest BCUT2D eigenvalue weighted by Gasteiger charge is 2.35. The summed E-state index contributed by atoms with van der Waals surface area (Å²) >= 11 is 0.817. The van der Waals surface area contributed by atoms with Gasteiger partial charge in [0, 0.05) is 30.5 Å². The average Bonchev–Trinajstić information content (AvgIpc) is 3.15. The molecular formula is C20H18F3N5O3S2. The molecule has 0 aliphatic carbocycles. The number of hydrogen-bond acceptors (Lipinski definition) is 6. The Kier molecular flexibility index (Phi) is 5.88. The number of hydrogen-bond donors (Lipinski definition) is 1. The van der Waals surface area contributed by atoms with Crippen LogP contribution < -0.4 is 14.9 Å². The summed E-state index contributed by atoms with van der Waals surface area (Å²) in [6.45, 7) is 2.23. The Labute approximate surface area is 191 Å². The molecule has 2 aromatic heterocycles. The van der Waals surface area contributed by atoms with E-state index in [9.17, 15) is 26.4 Å². The van der Waals surface area contributed by atoms with Crippen molar-refractivity contribution >= 4 is 38.2 Å². The number of amides is 2. The van der Waals surface area contributed by atoms with Crippen LogP contribution in [-0.4, -0.2) is 37.5 Å². The summed E-state index contributed by atoms with van der Waals surface area (Å²) in [4.78, 5) is 24.0. The van der Waals surface area contributed by atoms with E-state index in [2.05, 4.69) is 9.97 Å². The summed E-state index contributed by atoms with van der Waals surface area (Å²) in [6.07, 6.45) is -2.68. The van der Waals surface area contributed by atoms with E-state index in [1.807, 2.05) is 0 Å². The maximum atomic E-state index is 13.3. The Balaban J connectivity index is 1.62. The van der Waals surface area contributed by atoms with Gasteiger partial charge in [0.1, 0.15) is 0 Å². The third kappa shape index (κ3) is 4.56. The number of aromatic nitrogens is 2. The van der Waals surface area contributed by atoms with Gasteiger partial charge in [-0.2, -0.15) is 13.2 Å². The highest BCUT2D eigenvalue weighted by Crippen LogP contribution is 2.37. The summed E-state index contributed by atoms with van der Waals surface area (Å²) in [5.74, 6) is 0. The number of primary sulfonamides is 1. The average molecular weight is 498 g/mol. The van der Waals surface area contributed by atoms with Crippen molar-refractivity contribution in [1.29, 1.82) is 0 Å². The molecule has 1 aliphatic heterocycles. The number of alkyl halides is 3. The molecule has 174 valence electrons. The summed E-state index contributed by atoms with van der Waals surface area (Å²) in [5, 5.41) is 5.42. The molecule has 0 unspecified atom stereocenters. The van der Waals surface area contributed by atoms with E-state index >= 15 is 0 Å². The number of pyridine rings is 1. The Hall–Kier alpha value is -3.03. The standard InChI is InChI=1S/C20H18F3N5O3S2/c1-12-17(33(24,30)31)32-18(26-12)28-11-3-10-27(19(28)29)14-7-5-13(6-8-14)16-15(20(21,22)23)4-2-9-25-16/h2,4-9H,3,10-11H2,1H3,(H2,24,30,31). The SMILES string of the molecule is Cc1nc(N2CCCN(c3ccc(-c4ncccc4C(F)(F)F)cc3)C2=O)sc1S(N)(=O)=O. The van der Waals surface area contributed by atoms with Crippen LogP contribution in [0.25, 0.3) is 11.3 Å². The first-order chi connectivity index (χ1) is 15.5. The van der Waals surface area contributed by atoms with Crippen LogP contribution in [-0.2, 0) is 16.2 Å². The Morgan fingerprint density at radius 2 is 1.76 bits per heavy atom. The van der Waals surface area contributed by atoms with Gasteiger partial charge in [-0.3, -0.25) is 14.8 Å². The van der Waals surface area contributed by atoms with Crippen molar-refractivity contribution in [3.05, 3.63) is 53.9 Å². The molecule has 2 N–H and O–H groups in total. The molecule has 1 fully saturated rings. The molecule has 0 radical (unpaired) electrons. The van der Waals surface area contributed by atoms with Crippen LogP contribution in [0.5, 0.6) is 0 Å². The molecule has 4 rings (SSSR count). The number of halogens is 3. The van der Waals surface area contributed by atoms with Crippen LogP contribution in [0.4, 0.5) is 28.8 Å². The maximum absolute atomic E-state index is 13.3. The van der Waals surface area contributed by atoms with Crippen molar-refractivity contribution in [2.45, 2.75) is 23.7 Å². The Morgan fingerprint density at radius 1 is 1.09 bits per heavy atom. The number of carbonyl (C=O) groups excluding carboxylic acids is 1. The van der Waals surface area contributed by atoms with Gasteiger partial charge in [0.05, 0.1) is 17.0 Å². The van der Waals surface area contributed by atoms with Crippen LogP contribution in [0.3, 0.4) is 0 Å². The molecule has 0 bridgehead atoms. The van der Waals surface area contributed by atoms with Crippen molar-refractivity contribution in [1.82, 2.24) is 9.97 Å². The minimum Gasteiger partial charge on any atom is -0.294 e. The fourth-order valence-corrected chi connectivity index (χ4v) is 5.52. The minimum atomic E-state index is -4.55. The predicted octanol–water partition coefficient (Wildman–Crippen LogP) is 4.02. The second-order valence-electron chi connectivity index (χ2n) is 7.30. The minimum absolute atomic E-state index is 0.109. The number of thiazole rings is 1. The summed E-state index contributed by atoms with van der Waals surface area (Å²) < 4.78 is 63.3. The molecule has 3 aromatic rings. The van der Waals surface area contributed by atoms with Gasteiger partial charge in [-0.1, -0.05) is 23.5 Å². The van der Waals surface area contributed by atoms with E-state index in [0.717, 1.165) is 17.4 Å². The lowest BCUT2D eigenvalue weighted by molar-refractivity contribution is -0.137. The lowest BCUT2D eigenvalue weighted by Gasteiger charge is -2.34. The number of benzene rings is 1. The number of aryl methyl sites for hydroxylation is 1. The molecule has 13 heteroatoms. The van der Waals surface area contributed by atoms with E-state index in [1.165, 1.54) is 41.1 Å². The van der Waals surface area contributed by atoms with Gasteiger partial charge >= 0.3 is 12.2 Å². The van der Waals surface area contributed by atoms with Crippen LogP contribution in [0.15, 0.2) is 46.8 Å². The molecule has 1 aromatic carbocycles. The number of carbonyl (C=O) groups is 1. The maximum Gasteiger partial charge on any atom is 0.418 e. The number of anilines is 2. The summed E-state index contributed by atoms with van der Waals surface area (Å²) in [5.41, 5.74) is -0.0819. The molecule has 0 saturated carbocycles. The number of sulfonamides is 1. The Morgan fingerprint density at radius 3 is 2.36 bits per heavy atom. The fourth-order valence-electron chi connectivity index (χ4n) is 3.55. The van der Waals surface area contributed by atoms with Crippen molar-refractivity contribution in [3.8, 4) is 11.3 Å². The molecule has 0 spiro atoms. The molecule has 1 saturated heterocycles. The zero-order valence-corrected chi connectivity index (χ0v) is 18.8. The third-order valence-corrected chi connectivity index (χ3v) is 7.76. The third-order valence-electron chi connectivity index (χ3n) is 5.02. The summed E-state index contributed by atoms with van der Waals surface area (Å²) in [7, 11) is -3.96. The highest BCUT2D eigenvalue weighted by atomic mass is 32.2. The number of rotatable bonds is 4. The van der Waals surface area contributed by atoms with Crippen molar-refractivity contribution in [2.24, 2.45) is 5.14 Å². The van der Waals surface area contributed by atoms with Crippen molar-refractivity contribution < 1.29 is 26.4 Å². The van der Waals surface area contributed by atoms with E-state index in [4.69, 9.17) is 5.14 Å². The van der Waals surface area contributed by atoms with E-state index in [1.54, 1.807) is 12.1 Å². The fraction of sp³-hybridized carbons (Fsp3) is 0.250. The first kappa shape index (κ1) is 23.1. The van der Waals surface area contributed by atoms with Crippen LogP contribution >= 0.6 is 11.3 Å². The number of nitrogens with two attached hydrogens (primary N) is 1. The first-order valence-electron chi connectivity index (χ1n) is 9.69. The van der Waals surface area contributed by atoms with Crippen LogP contribution in [0.1, 0.15) is 17.7 Å². The molecular weight excluding hydrogens is 479 g/mol. The lowest BCUT2D eigenvalue weighted by Crippen LogP contribution is -2.49. The Bertz CT molecular complexity index is 1310. The number of nitrogens with zero attached hydrogens (tertiary/aromatic N) is 4. The molecule has 0 atom stereocenters. The van der Waals surface area contributed by atoms with E-state index in [-0.39, 0.29) is 26.3 Å². The van der Waals surface area contributed by atoms with Crippen LogP contribution in [0, 0.1) is 6.92 Å². The van der Waals surface area contributed by atoms with Crippen molar-refractivity contribution in [3.63, 3.8) is 0 Å². The van der Waals surface area contributed by atoms with Gasteiger partial charge < -0.3 is 0 Å². The van der Waals surface area contributed by atoms with Gasteiger partial charge in [-0.25, -0.2) is 23.3 Å². The molecule has 8 nitrogen and oxygen atoms in total. The monoisotopic (exact) mass is 497 g/mol. The second kappa shape index (κ2) is 8.39. The molecule has 1 aliphatic rings. The first-order valence-corrected chi connectivity index (χ1v) is 12.0. The van der Waals surface area contributed by atoms with E-state index < -0.39 is 27.8 Å². The zero-order chi connectivity index (χ0) is 24.0. The molecule has 2 amide bonds. The molecule has 33 heavy (non-hydrogen) atoms. The van der Waals surface area contributed by atoms with Gasteiger partial charge in [0.15, 0.2) is 9.34 Å². The highest BCUT2D eigenvalue weighted by molar-refractivity contribution is 7.91. The van der Waals surface area contributed by atoms with Crippen molar-refractivity contribution in [2.75, 3.05) is 22.9 Å². The lowest BCUT2D eigenvalue weighted by atomic mass is 10.0. The van der Waals surface area contributed by atoms with Crippen LogP contribution in [0.2, 0.25) is 0 Å². The van der Waals surface area contributed by atoms with Gasteiger partial charge in [-0.05, 0) is 37.6 Å². The largest absolute Gasteiger partial charge is 0.418 e. The van der Waals surface area contributed by atoms with Gasteiger partial charge in [0.25, 0.3) is 0 Å².